The van der Waals surface area contributed by atoms with Crippen molar-refractivity contribution < 1.29 is 19.1 Å². The molecule has 1 aliphatic rings. The first-order valence-corrected chi connectivity index (χ1v) is 11.0. The van der Waals surface area contributed by atoms with Gasteiger partial charge in [0.2, 0.25) is 0 Å². The maximum atomic E-state index is 12.6. The largest absolute Gasteiger partial charge is 0.444 e. The molecule has 0 aliphatic carbocycles. The third-order valence-corrected chi connectivity index (χ3v) is 5.45. The lowest BCUT2D eigenvalue weighted by atomic mass is 9.92. The summed E-state index contributed by atoms with van der Waals surface area (Å²) < 4.78 is 12.5. The van der Waals surface area contributed by atoms with E-state index in [2.05, 4.69) is 21.8 Å². The van der Waals surface area contributed by atoms with Crippen molar-refractivity contribution >= 4 is 29.0 Å². The van der Waals surface area contributed by atoms with Crippen molar-refractivity contribution in [2.45, 2.75) is 72.1 Å². The van der Waals surface area contributed by atoms with Crippen molar-refractivity contribution in [3.63, 3.8) is 0 Å². The molecule has 9 heteroatoms. The van der Waals surface area contributed by atoms with Crippen LogP contribution in [0, 0.1) is 5.92 Å². The molecule has 0 aromatic carbocycles. The Morgan fingerprint density at radius 1 is 1.06 bits per heavy atom. The second kappa shape index (κ2) is 8.60. The smallest absolute Gasteiger partial charge is 0.420 e. The minimum atomic E-state index is -0.608. The third kappa shape index (κ3) is 5.31. The number of rotatable bonds is 2. The number of piperidine rings is 1. The highest BCUT2D eigenvalue weighted by atomic mass is 16.6. The first kappa shape index (κ1) is 23.8. The van der Waals surface area contributed by atoms with Gasteiger partial charge in [-0.3, -0.25) is 0 Å². The predicted octanol–water partition coefficient (Wildman–Crippen LogP) is 4.30. The molecule has 0 spiro atoms. The van der Waals surface area contributed by atoms with Gasteiger partial charge >= 0.3 is 12.2 Å². The van der Waals surface area contributed by atoms with E-state index in [0.717, 1.165) is 11.8 Å². The predicted molar refractivity (Wildman–Crippen MR) is 123 cm³/mol. The van der Waals surface area contributed by atoms with Crippen molar-refractivity contribution in [2.24, 2.45) is 5.92 Å². The number of hydrogen-bond donors (Lipinski definition) is 0. The normalized spacial score (nSPS) is 19.7. The van der Waals surface area contributed by atoms with Gasteiger partial charge in [0.05, 0.1) is 11.4 Å². The van der Waals surface area contributed by atoms with E-state index in [9.17, 15) is 9.59 Å². The molecule has 1 amide bonds. The molecule has 0 N–H and O–H groups in total. The Kier molecular flexibility index (Phi) is 6.40. The fraction of sp³-hybridized carbons (Fsp3) is 0.652. The number of amides is 1. The van der Waals surface area contributed by atoms with Crippen LogP contribution in [0.4, 0.5) is 15.4 Å². The summed E-state index contributed by atoms with van der Waals surface area (Å²) in [6.07, 6.45) is 3.19. The summed E-state index contributed by atoms with van der Waals surface area (Å²) in [5.74, 6) is 1.05. The van der Waals surface area contributed by atoms with Crippen molar-refractivity contribution in [2.75, 3.05) is 25.0 Å². The Hall–Kier alpha value is -2.84. The van der Waals surface area contributed by atoms with Gasteiger partial charge in [0.1, 0.15) is 23.3 Å². The van der Waals surface area contributed by atoms with Crippen LogP contribution in [-0.4, -0.2) is 69.0 Å². The van der Waals surface area contributed by atoms with Crippen LogP contribution in [0.3, 0.4) is 0 Å². The molecule has 9 nitrogen and oxygen atoms in total. The van der Waals surface area contributed by atoms with E-state index in [1.54, 1.807) is 11.1 Å². The molecule has 1 saturated heterocycles. The Balaban J connectivity index is 1.86. The number of nitrogens with zero attached hydrogens (tertiary/aromatic N) is 5. The van der Waals surface area contributed by atoms with Crippen molar-refractivity contribution in [1.82, 2.24) is 19.4 Å². The lowest BCUT2D eigenvalue weighted by molar-refractivity contribution is 0.0165. The van der Waals surface area contributed by atoms with Gasteiger partial charge in [0.15, 0.2) is 5.65 Å². The molecule has 0 bridgehead atoms. The van der Waals surface area contributed by atoms with Crippen LogP contribution >= 0.6 is 0 Å². The van der Waals surface area contributed by atoms with E-state index >= 15 is 0 Å². The zero-order chi connectivity index (χ0) is 23.8. The van der Waals surface area contributed by atoms with Gasteiger partial charge in [0.25, 0.3) is 0 Å². The number of fused-ring (bicyclic) bond motifs is 1. The van der Waals surface area contributed by atoms with Gasteiger partial charge in [-0.15, -0.1) is 0 Å². The second-order valence-corrected chi connectivity index (χ2v) is 10.5. The molecule has 0 saturated carbocycles. The average molecular weight is 446 g/mol. The molecule has 32 heavy (non-hydrogen) atoms. The molecule has 0 unspecified atom stereocenters. The topological polar surface area (TPSA) is 89.8 Å². The van der Waals surface area contributed by atoms with Crippen LogP contribution in [0.2, 0.25) is 0 Å². The summed E-state index contributed by atoms with van der Waals surface area (Å²) in [5.41, 5.74) is -0.656. The van der Waals surface area contributed by atoms with Crippen LogP contribution < -0.4 is 4.90 Å². The fourth-order valence-electron chi connectivity index (χ4n) is 3.88. The lowest BCUT2D eigenvalue weighted by Gasteiger charge is -2.42. The second-order valence-electron chi connectivity index (χ2n) is 10.5. The average Bonchev–Trinajstić information content (AvgIpc) is 3.09. The molecular weight excluding hydrogens is 410 g/mol. The minimum Gasteiger partial charge on any atom is -0.444 e. The highest BCUT2D eigenvalue weighted by Crippen LogP contribution is 2.30. The summed E-state index contributed by atoms with van der Waals surface area (Å²) in [7, 11) is 1.96. The van der Waals surface area contributed by atoms with Gasteiger partial charge in [-0.25, -0.2) is 24.1 Å². The molecule has 2 aromatic rings. The molecule has 3 heterocycles. The van der Waals surface area contributed by atoms with Crippen LogP contribution in [0.5, 0.6) is 0 Å². The standard InChI is InChI=1S/C23H35N5O4/c1-15-9-11-27(20(29)31-22(2,3)4)13-17(15)26(8)18-16-10-12-28(19(16)25-14-24-18)21(30)32-23(5,6)7/h10,12,14-15,17H,9,11,13H2,1-8H3/t15-,17+/m1/s1. The summed E-state index contributed by atoms with van der Waals surface area (Å²) in [4.78, 5) is 37.9. The zero-order valence-electron chi connectivity index (χ0n) is 20.4. The number of ether oxygens (including phenoxy) is 2. The maximum absolute atomic E-state index is 12.6. The number of likely N-dealkylation sites (N-methyl/N-ethyl adjacent to an activating group) is 1. The van der Waals surface area contributed by atoms with E-state index in [1.807, 2.05) is 54.7 Å². The molecule has 1 fully saturated rings. The van der Waals surface area contributed by atoms with Crippen molar-refractivity contribution in [3.05, 3.63) is 18.6 Å². The number of hydrogen-bond acceptors (Lipinski definition) is 7. The Bertz CT molecular complexity index is 988. The van der Waals surface area contributed by atoms with Crippen LogP contribution in [0.25, 0.3) is 11.0 Å². The summed E-state index contributed by atoms with van der Waals surface area (Å²) in [6.45, 7) is 14.5. The fourth-order valence-corrected chi connectivity index (χ4v) is 3.88. The van der Waals surface area contributed by atoms with Crippen LogP contribution in [-0.2, 0) is 9.47 Å². The third-order valence-electron chi connectivity index (χ3n) is 5.45. The highest BCUT2D eigenvalue weighted by molar-refractivity contribution is 5.93. The summed E-state index contributed by atoms with van der Waals surface area (Å²) in [5, 5.41) is 0.752. The molecular formula is C23H35N5O4. The van der Waals surface area contributed by atoms with E-state index < -0.39 is 17.3 Å². The van der Waals surface area contributed by atoms with E-state index in [4.69, 9.17) is 9.47 Å². The first-order chi connectivity index (χ1) is 14.8. The maximum Gasteiger partial charge on any atom is 0.420 e. The Labute approximate surface area is 189 Å². The summed E-state index contributed by atoms with van der Waals surface area (Å²) >= 11 is 0. The number of likely N-dealkylation sites (tertiary alicyclic amines) is 1. The van der Waals surface area contributed by atoms with Gasteiger partial charge in [0, 0.05) is 26.3 Å². The van der Waals surface area contributed by atoms with Gasteiger partial charge in [-0.1, -0.05) is 6.92 Å². The summed E-state index contributed by atoms with van der Waals surface area (Å²) in [6, 6.07) is 1.86. The van der Waals surface area contributed by atoms with E-state index in [1.165, 1.54) is 10.9 Å². The zero-order valence-corrected chi connectivity index (χ0v) is 20.4. The van der Waals surface area contributed by atoms with E-state index in [-0.39, 0.29) is 12.1 Å². The number of carbonyl (C=O) groups excluding carboxylic acids is 2. The quantitative estimate of drug-likeness (QED) is 0.681. The molecule has 3 rings (SSSR count). The molecule has 2 aromatic heterocycles. The van der Waals surface area contributed by atoms with Gasteiger partial charge < -0.3 is 19.3 Å². The molecule has 176 valence electrons. The number of aromatic nitrogens is 3. The van der Waals surface area contributed by atoms with Gasteiger partial charge in [-0.2, -0.15) is 0 Å². The lowest BCUT2D eigenvalue weighted by Crippen LogP contribution is -2.53. The molecule has 2 atom stereocenters. The van der Waals surface area contributed by atoms with Crippen molar-refractivity contribution in [1.29, 1.82) is 0 Å². The minimum absolute atomic E-state index is 0.0410. The monoisotopic (exact) mass is 445 g/mol. The molecule has 0 radical (unpaired) electrons. The van der Waals surface area contributed by atoms with Crippen molar-refractivity contribution in [3.8, 4) is 0 Å². The Morgan fingerprint density at radius 3 is 2.31 bits per heavy atom. The first-order valence-electron chi connectivity index (χ1n) is 11.0. The number of anilines is 1. The molecule has 1 aliphatic heterocycles. The van der Waals surface area contributed by atoms with E-state index in [0.29, 0.717) is 30.5 Å². The number of carbonyl (C=O) groups is 2. The highest BCUT2D eigenvalue weighted by Gasteiger charge is 2.35. The van der Waals surface area contributed by atoms with Gasteiger partial charge in [-0.05, 0) is 59.9 Å². The van der Waals surface area contributed by atoms with Crippen LogP contribution in [0.15, 0.2) is 18.6 Å². The van der Waals surface area contributed by atoms with Crippen LogP contribution in [0.1, 0.15) is 54.9 Å². The Morgan fingerprint density at radius 2 is 1.69 bits per heavy atom. The SMILES string of the molecule is C[C@@H]1CCN(C(=O)OC(C)(C)C)C[C@@H]1N(C)c1ncnc2c1ccn2C(=O)OC(C)(C)C.